The zero-order valence-corrected chi connectivity index (χ0v) is 13.3. The minimum Gasteiger partial charge on any atom is -0.465 e. The molecule has 0 unspecified atom stereocenters. The molecule has 1 amide bonds. The van der Waals surface area contributed by atoms with E-state index in [0.717, 1.165) is 31.4 Å². The van der Waals surface area contributed by atoms with Gasteiger partial charge in [0.05, 0.1) is 5.69 Å². The molecule has 23 heavy (non-hydrogen) atoms. The number of hydrogen-bond acceptors (Lipinski definition) is 4. The van der Waals surface area contributed by atoms with Gasteiger partial charge in [-0.3, -0.25) is 0 Å². The minimum atomic E-state index is -0.810. The van der Waals surface area contributed by atoms with Gasteiger partial charge in [0.25, 0.3) is 0 Å². The lowest BCUT2D eigenvalue weighted by Crippen LogP contribution is -2.37. The van der Waals surface area contributed by atoms with E-state index in [0.29, 0.717) is 24.8 Å². The molecule has 1 fully saturated rings. The van der Waals surface area contributed by atoms with Gasteiger partial charge >= 0.3 is 12.1 Å². The van der Waals surface area contributed by atoms with E-state index < -0.39 is 6.09 Å². The number of carbonyl (C=O) groups is 2. The van der Waals surface area contributed by atoms with Gasteiger partial charge in [-0.2, -0.15) is 0 Å². The highest BCUT2D eigenvalue weighted by atomic mass is 16.5. The Morgan fingerprint density at radius 3 is 2.78 bits per heavy atom. The molecule has 0 bridgehead atoms. The van der Waals surface area contributed by atoms with Crippen LogP contribution in [0.1, 0.15) is 24.8 Å². The lowest BCUT2D eigenvalue weighted by atomic mass is 9.90. The number of benzene rings is 1. The number of likely N-dealkylation sites (tertiary alicyclic amines) is 1. The highest BCUT2D eigenvalue weighted by Gasteiger charge is 2.23. The van der Waals surface area contributed by atoms with Gasteiger partial charge in [-0.05, 0) is 49.3 Å². The lowest BCUT2D eigenvalue weighted by Gasteiger charge is -2.30. The summed E-state index contributed by atoms with van der Waals surface area (Å²) in [6.07, 6.45) is 3.10. The van der Waals surface area contributed by atoms with E-state index in [9.17, 15) is 9.59 Å². The molecule has 1 N–H and O–H groups in total. The normalized spacial score (nSPS) is 18.6. The first kappa shape index (κ1) is 15.6. The molecule has 2 heterocycles. The predicted molar refractivity (Wildman–Crippen MR) is 86.0 cm³/mol. The van der Waals surface area contributed by atoms with Crippen LogP contribution in [0.15, 0.2) is 18.2 Å². The molecule has 1 aromatic rings. The van der Waals surface area contributed by atoms with Gasteiger partial charge in [0, 0.05) is 20.1 Å². The third-order valence-electron chi connectivity index (χ3n) is 4.75. The molecule has 3 rings (SSSR count). The molecule has 6 heteroatoms. The average Bonchev–Trinajstić information content (AvgIpc) is 2.53. The maximum Gasteiger partial charge on any atom is 0.407 e. The number of esters is 1. The van der Waals surface area contributed by atoms with Gasteiger partial charge < -0.3 is 19.6 Å². The average molecular weight is 318 g/mol. The first-order valence-electron chi connectivity index (χ1n) is 8.05. The van der Waals surface area contributed by atoms with E-state index in [1.165, 1.54) is 10.5 Å². The Balaban J connectivity index is 1.56. The second-order valence-electron chi connectivity index (χ2n) is 6.38. The highest BCUT2D eigenvalue weighted by Crippen LogP contribution is 2.33. The third kappa shape index (κ3) is 3.57. The molecule has 0 aliphatic carbocycles. The van der Waals surface area contributed by atoms with Crippen LogP contribution in [0.3, 0.4) is 0 Å². The van der Waals surface area contributed by atoms with Crippen LogP contribution in [0.2, 0.25) is 0 Å². The molecular weight excluding hydrogens is 296 g/mol. The first-order valence-corrected chi connectivity index (χ1v) is 8.05. The number of hydrogen-bond donors (Lipinski definition) is 1. The zero-order chi connectivity index (χ0) is 16.4. The van der Waals surface area contributed by atoms with Crippen LogP contribution in [-0.2, 0) is 11.2 Å². The Morgan fingerprint density at radius 2 is 2.09 bits per heavy atom. The Morgan fingerprint density at radius 1 is 1.35 bits per heavy atom. The summed E-state index contributed by atoms with van der Waals surface area (Å²) >= 11 is 0. The van der Waals surface area contributed by atoms with E-state index in [-0.39, 0.29) is 12.5 Å². The third-order valence-corrected chi connectivity index (χ3v) is 4.75. The van der Waals surface area contributed by atoms with Crippen LogP contribution in [0.4, 0.5) is 10.5 Å². The van der Waals surface area contributed by atoms with Gasteiger partial charge in [0.2, 0.25) is 0 Å². The molecule has 0 atom stereocenters. The summed E-state index contributed by atoms with van der Waals surface area (Å²) in [5.41, 5.74) is 2.19. The van der Waals surface area contributed by atoms with Crippen LogP contribution in [0.5, 0.6) is 5.75 Å². The standard InChI is InChI=1S/C17H22N2O4/c1-18-11-16(20)23-15-5-4-13(10-14(15)18)3-2-12-6-8-19(9-7-12)17(21)22/h4-5,10,12H,2-3,6-9,11H2,1H3,(H,21,22). The SMILES string of the molecule is CN1CC(=O)Oc2ccc(CCC3CCN(C(=O)O)CC3)cc21. The van der Waals surface area contributed by atoms with E-state index in [4.69, 9.17) is 9.84 Å². The van der Waals surface area contributed by atoms with Gasteiger partial charge in [0.15, 0.2) is 5.75 Å². The highest BCUT2D eigenvalue weighted by molar-refractivity contribution is 5.84. The molecular formula is C17H22N2O4. The van der Waals surface area contributed by atoms with E-state index in [1.807, 2.05) is 24.1 Å². The Bertz CT molecular complexity index is 609. The number of carbonyl (C=O) groups excluding carboxylic acids is 1. The fourth-order valence-corrected chi connectivity index (χ4v) is 3.32. The fraction of sp³-hybridized carbons (Fsp3) is 0.529. The smallest absolute Gasteiger partial charge is 0.407 e. The number of rotatable bonds is 3. The number of fused-ring (bicyclic) bond motifs is 1. The molecule has 6 nitrogen and oxygen atoms in total. The van der Waals surface area contributed by atoms with Gasteiger partial charge in [-0.1, -0.05) is 6.07 Å². The Labute approximate surface area is 135 Å². The maximum absolute atomic E-state index is 11.4. The number of amides is 1. The summed E-state index contributed by atoms with van der Waals surface area (Å²) in [6, 6.07) is 5.97. The molecule has 0 spiro atoms. The molecule has 0 saturated carbocycles. The number of likely N-dealkylation sites (N-methyl/N-ethyl adjacent to an activating group) is 1. The zero-order valence-electron chi connectivity index (χ0n) is 13.3. The first-order chi connectivity index (χ1) is 11.0. The summed E-state index contributed by atoms with van der Waals surface area (Å²) in [5.74, 6) is 0.984. The second kappa shape index (κ2) is 6.48. The van der Waals surface area contributed by atoms with Crippen molar-refractivity contribution in [2.45, 2.75) is 25.7 Å². The second-order valence-corrected chi connectivity index (χ2v) is 6.38. The largest absolute Gasteiger partial charge is 0.465 e. The number of ether oxygens (including phenoxy) is 1. The van der Waals surface area contributed by atoms with Crippen molar-refractivity contribution >= 4 is 17.7 Å². The summed E-state index contributed by atoms with van der Waals surface area (Å²) in [7, 11) is 1.89. The summed E-state index contributed by atoms with van der Waals surface area (Å²) in [5, 5.41) is 8.97. The van der Waals surface area contributed by atoms with E-state index in [1.54, 1.807) is 0 Å². The molecule has 2 aliphatic rings. The van der Waals surface area contributed by atoms with Crippen molar-refractivity contribution in [3.63, 3.8) is 0 Å². The lowest BCUT2D eigenvalue weighted by molar-refractivity contribution is -0.133. The van der Waals surface area contributed by atoms with Crippen molar-refractivity contribution in [2.24, 2.45) is 5.92 Å². The Kier molecular flexibility index (Phi) is 4.41. The predicted octanol–water partition coefficient (Wildman–Crippen LogP) is 2.36. The maximum atomic E-state index is 11.4. The monoisotopic (exact) mass is 318 g/mol. The number of anilines is 1. The van der Waals surface area contributed by atoms with Crippen molar-refractivity contribution in [1.29, 1.82) is 0 Å². The van der Waals surface area contributed by atoms with Gasteiger partial charge in [0.1, 0.15) is 6.54 Å². The molecule has 1 saturated heterocycles. The van der Waals surface area contributed by atoms with Crippen molar-refractivity contribution < 1.29 is 19.4 Å². The Hall–Kier alpha value is -2.24. The number of nitrogens with zero attached hydrogens (tertiary/aromatic N) is 2. The van der Waals surface area contributed by atoms with Crippen molar-refractivity contribution in [3.05, 3.63) is 23.8 Å². The van der Waals surface area contributed by atoms with Crippen molar-refractivity contribution in [2.75, 3.05) is 31.6 Å². The van der Waals surface area contributed by atoms with E-state index >= 15 is 0 Å². The van der Waals surface area contributed by atoms with Crippen LogP contribution >= 0.6 is 0 Å². The van der Waals surface area contributed by atoms with Crippen LogP contribution in [0, 0.1) is 5.92 Å². The fourth-order valence-electron chi connectivity index (χ4n) is 3.32. The number of carboxylic acid groups (broad SMARTS) is 1. The van der Waals surface area contributed by atoms with Crippen LogP contribution < -0.4 is 9.64 Å². The van der Waals surface area contributed by atoms with Crippen molar-refractivity contribution in [3.8, 4) is 5.75 Å². The summed E-state index contributed by atoms with van der Waals surface area (Å²) in [4.78, 5) is 25.7. The summed E-state index contributed by atoms with van der Waals surface area (Å²) < 4.78 is 5.24. The van der Waals surface area contributed by atoms with Crippen LogP contribution in [-0.4, -0.2) is 48.8 Å². The molecule has 0 aromatic heterocycles. The summed E-state index contributed by atoms with van der Waals surface area (Å²) in [6.45, 7) is 1.57. The van der Waals surface area contributed by atoms with Crippen molar-refractivity contribution in [1.82, 2.24) is 4.90 Å². The topological polar surface area (TPSA) is 70.1 Å². The molecule has 2 aliphatic heterocycles. The molecule has 0 radical (unpaired) electrons. The van der Waals surface area contributed by atoms with Gasteiger partial charge in [-0.25, -0.2) is 9.59 Å². The number of aryl methyl sites for hydroxylation is 1. The quantitative estimate of drug-likeness (QED) is 0.684. The molecule has 124 valence electrons. The molecule has 1 aromatic carbocycles. The van der Waals surface area contributed by atoms with Crippen LogP contribution in [0.25, 0.3) is 0 Å². The number of piperidine rings is 1. The van der Waals surface area contributed by atoms with E-state index in [2.05, 4.69) is 6.07 Å². The minimum absolute atomic E-state index is 0.224. The van der Waals surface area contributed by atoms with Gasteiger partial charge in [-0.15, -0.1) is 0 Å².